The van der Waals surface area contributed by atoms with Crippen LogP contribution >= 0.6 is 0 Å². The molecule has 0 radical (unpaired) electrons. The highest BCUT2D eigenvalue weighted by Gasteiger charge is 2.31. The van der Waals surface area contributed by atoms with Gasteiger partial charge in [-0.2, -0.15) is 5.10 Å². The zero-order valence-electron chi connectivity index (χ0n) is 10.9. The fourth-order valence-corrected chi connectivity index (χ4v) is 2.73. The summed E-state index contributed by atoms with van der Waals surface area (Å²) >= 11 is 0. The van der Waals surface area contributed by atoms with Crippen molar-refractivity contribution in [1.82, 2.24) is 15.1 Å². The molecule has 0 bridgehead atoms. The van der Waals surface area contributed by atoms with Crippen LogP contribution in [-0.2, 0) is 18.2 Å². The van der Waals surface area contributed by atoms with E-state index in [2.05, 4.69) is 16.5 Å². The smallest absolute Gasteiger partial charge is 0.0492 e. The molecule has 2 rings (SSSR count). The molecule has 17 heavy (non-hydrogen) atoms. The Hall–Kier alpha value is -0.870. The van der Waals surface area contributed by atoms with E-state index in [1.807, 2.05) is 25.0 Å². The molecule has 0 unspecified atom stereocenters. The van der Waals surface area contributed by atoms with Crippen LogP contribution in [0.4, 0.5) is 0 Å². The van der Waals surface area contributed by atoms with Crippen molar-refractivity contribution in [3.8, 4) is 0 Å². The molecule has 0 atom stereocenters. The molecule has 0 spiro atoms. The maximum atomic E-state index is 5.49. The van der Waals surface area contributed by atoms with Gasteiger partial charge in [-0.1, -0.05) is 0 Å². The molecular formula is C13H23N3O. The lowest BCUT2D eigenvalue weighted by Gasteiger charge is -2.37. The standard InChI is InChI=1S/C13H23N3O/c1-14-11-13(6-9-17-10-7-13)5-3-12-4-8-15-16(12)2/h4,8,14H,3,5-7,9-11H2,1-2H3. The van der Waals surface area contributed by atoms with Gasteiger partial charge < -0.3 is 10.1 Å². The number of hydrogen-bond donors (Lipinski definition) is 1. The molecule has 1 aliphatic heterocycles. The SMILES string of the molecule is CNCC1(CCc2ccnn2C)CCOCC1. The Labute approximate surface area is 103 Å². The fraction of sp³-hybridized carbons (Fsp3) is 0.769. The molecule has 2 heterocycles. The van der Waals surface area contributed by atoms with Crippen molar-refractivity contribution in [3.05, 3.63) is 18.0 Å². The Bertz CT molecular complexity index is 337. The molecule has 96 valence electrons. The van der Waals surface area contributed by atoms with E-state index in [0.717, 1.165) is 26.2 Å². The molecule has 1 fully saturated rings. The molecule has 4 heteroatoms. The van der Waals surface area contributed by atoms with E-state index in [-0.39, 0.29) is 0 Å². The molecule has 0 saturated carbocycles. The zero-order valence-corrected chi connectivity index (χ0v) is 10.9. The van der Waals surface area contributed by atoms with Crippen LogP contribution in [0.25, 0.3) is 0 Å². The van der Waals surface area contributed by atoms with Crippen molar-refractivity contribution in [2.75, 3.05) is 26.8 Å². The van der Waals surface area contributed by atoms with Crippen LogP contribution in [0.3, 0.4) is 0 Å². The van der Waals surface area contributed by atoms with Crippen molar-refractivity contribution in [2.45, 2.75) is 25.7 Å². The van der Waals surface area contributed by atoms with Gasteiger partial charge in [0, 0.05) is 38.7 Å². The van der Waals surface area contributed by atoms with Crippen LogP contribution in [0.15, 0.2) is 12.3 Å². The number of rotatable bonds is 5. The van der Waals surface area contributed by atoms with Crippen LogP contribution < -0.4 is 5.32 Å². The van der Waals surface area contributed by atoms with Crippen molar-refractivity contribution in [2.24, 2.45) is 12.5 Å². The molecule has 0 aromatic carbocycles. The minimum Gasteiger partial charge on any atom is -0.381 e. The summed E-state index contributed by atoms with van der Waals surface area (Å²) in [5, 5.41) is 7.57. The molecule has 0 aliphatic carbocycles. The maximum Gasteiger partial charge on any atom is 0.0492 e. The summed E-state index contributed by atoms with van der Waals surface area (Å²) in [6, 6.07) is 2.12. The second-order valence-electron chi connectivity index (χ2n) is 5.09. The first-order valence-electron chi connectivity index (χ1n) is 6.45. The number of nitrogens with zero attached hydrogens (tertiary/aromatic N) is 2. The predicted molar refractivity (Wildman–Crippen MR) is 67.9 cm³/mol. The summed E-state index contributed by atoms with van der Waals surface area (Å²) in [5.74, 6) is 0. The minimum atomic E-state index is 0.414. The molecule has 0 amide bonds. The van der Waals surface area contributed by atoms with Crippen LogP contribution in [0, 0.1) is 5.41 Å². The van der Waals surface area contributed by atoms with Gasteiger partial charge in [-0.15, -0.1) is 0 Å². The van der Waals surface area contributed by atoms with E-state index in [1.54, 1.807) is 0 Å². The lowest BCUT2D eigenvalue weighted by molar-refractivity contribution is 0.0113. The van der Waals surface area contributed by atoms with Gasteiger partial charge in [0.1, 0.15) is 0 Å². The first kappa shape index (κ1) is 12.6. The van der Waals surface area contributed by atoms with Crippen LogP contribution in [0.2, 0.25) is 0 Å². The molecule has 1 aliphatic rings. The number of ether oxygens (including phenoxy) is 1. The van der Waals surface area contributed by atoms with Crippen LogP contribution in [0.1, 0.15) is 25.0 Å². The van der Waals surface area contributed by atoms with Crippen molar-refractivity contribution in [1.29, 1.82) is 0 Å². The van der Waals surface area contributed by atoms with E-state index >= 15 is 0 Å². The number of hydrogen-bond acceptors (Lipinski definition) is 3. The summed E-state index contributed by atoms with van der Waals surface area (Å²) in [4.78, 5) is 0. The lowest BCUT2D eigenvalue weighted by Crippen LogP contribution is -2.38. The summed E-state index contributed by atoms with van der Waals surface area (Å²) in [5.41, 5.74) is 1.74. The van der Waals surface area contributed by atoms with Crippen molar-refractivity contribution in [3.63, 3.8) is 0 Å². The predicted octanol–water partition coefficient (Wildman–Crippen LogP) is 1.37. The molecule has 1 aromatic rings. The molecule has 1 saturated heterocycles. The second kappa shape index (κ2) is 5.65. The topological polar surface area (TPSA) is 39.1 Å². The van der Waals surface area contributed by atoms with E-state index in [0.29, 0.717) is 5.41 Å². The third-order valence-corrected chi connectivity index (χ3v) is 3.94. The molecule has 4 nitrogen and oxygen atoms in total. The van der Waals surface area contributed by atoms with Gasteiger partial charge >= 0.3 is 0 Å². The summed E-state index contributed by atoms with van der Waals surface area (Å²) in [6.45, 7) is 2.91. The molecule has 1 N–H and O–H groups in total. The molecule has 1 aromatic heterocycles. The zero-order chi connectivity index (χ0) is 12.1. The second-order valence-corrected chi connectivity index (χ2v) is 5.09. The van der Waals surface area contributed by atoms with Gasteiger partial charge in [0.05, 0.1) is 0 Å². The van der Waals surface area contributed by atoms with Gasteiger partial charge in [-0.05, 0) is 44.2 Å². The first-order chi connectivity index (χ1) is 8.26. The number of aromatic nitrogens is 2. The average Bonchev–Trinajstić information content (AvgIpc) is 2.74. The Kier molecular flexibility index (Phi) is 4.18. The van der Waals surface area contributed by atoms with Gasteiger partial charge in [0.15, 0.2) is 0 Å². The summed E-state index contributed by atoms with van der Waals surface area (Å²) in [7, 11) is 4.06. The van der Waals surface area contributed by atoms with Gasteiger partial charge in [-0.3, -0.25) is 4.68 Å². The van der Waals surface area contributed by atoms with E-state index < -0.39 is 0 Å². The van der Waals surface area contributed by atoms with E-state index in [9.17, 15) is 0 Å². The highest BCUT2D eigenvalue weighted by atomic mass is 16.5. The minimum absolute atomic E-state index is 0.414. The summed E-state index contributed by atoms with van der Waals surface area (Å²) in [6.07, 6.45) is 6.55. The van der Waals surface area contributed by atoms with Gasteiger partial charge in [0.2, 0.25) is 0 Å². The normalized spacial score (nSPS) is 19.4. The van der Waals surface area contributed by atoms with E-state index in [1.165, 1.54) is 25.0 Å². The highest BCUT2D eigenvalue weighted by Crippen LogP contribution is 2.34. The van der Waals surface area contributed by atoms with Crippen molar-refractivity contribution >= 4 is 0 Å². The highest BCUT2D eigenvalue weighted by molar-refractivity contribution is 5.01. The third-order valence-electron chi connectivity index (χ3n) is 3.94. The monoisotopic (exact) mass is 237 g/mol. The summed E-state index contributed by atoms with van der Waals surface area (Å²) < 4.78 is 7.47. The Morgan fingerprint density at radius 2 is 2.24 bits per heavy atom. The third kappa shape index (κ3) is 3.07. The first-order valence-corrected chi connectivity index (χ1v) is 6.45. The van der Waals surface area contributed by atoms with Gasteiger partial charge in [-0.25, -0.2) is 0 Å². The quantitative estimate of drug-likeness (QED) is 0.840. The average molecular weight is 237 g/mol. The van der Waals surface area contributed by atoms with E-state index in [4.69, 9.17) is 4.74 Å². The number of aryl methyl sites for hydroxylation is 2. The Morgan fingerprint density at radius 3 is 2.82 bits per heavy atom. The van der Waals surface area contributed by atoms with Crippen LogP contribution in [-0.4, -0.2) is 36.6 Å². The number of nitrogens with one attached hydrogen (secondary N) is 1. The maximum absolute atomic E-state index is 5.49. The van der Waals surface area contributed by atoms with Crippen molar-refractivity contribution < 1.29 is 4.74 Å². The largest absolute Gasteiger partial charge is 0.381 e. The Morgan fingerprint density at radius 1 is 1.47 bits per heavy atom. The fourth-order valence-electron chi connectivity index (χ4n) is 2.73. The van der Waals surface area contributed by atoms with Gasteiger partial charge in [0.25, 0.3) is 0 Å². The lowest BCUT2D eigenvalue weighted by atomic mass is 9.76. The Balaban J connectivity index is 1.95. The van der Waals surface area contributed by atoms with Crippen LogP contribution in [0.5, 0.6) is 0 Å². The molecular weight excluding hydrogens is 214 g/mol.